The second kappa shape index (κ2) is 10.7. The maximum absolute atomic E-state index is 12.5. The third-order valence-corrected chi connectivity index (χ3v) is 5.68. The molecule has 2 aromatic rings. The van der Waals surface area contributed by atoms with Gasteiger partial charge in [-0.15, -0.1) is 0 Å². The van der Waals surface area contributed by atoms with Gasteiger partial charge in [-0.1, -0.05) is 24.3 Å². The maximum Gasteiger partial charge on any atom is 0.255 e. The smallest absolute Gasteiger partial charge is 0.255 e. The maximum atomic E-state index is 12.5. The van der Waals surface area contributed by atoms with E-state index < -0.39 is 0 Å². The van der Waals surface area contributed by atoms with Gasteiger partial charge in [0.15, 0.2) is 0 Å². The molecule has 1 heterocycles. The van der Waals surface area contributed by atoms with Crippen molar-refractivity contribution < 1.29 is 14.4 Å². The highest BCUT2D eigenvalue weighted by atomic mass is 16.2. The standard InChI is InChI=1S/C24H30N4O3/c1-17(29)26-16-19-2-6-21(7-3-19)24(31)27-22-8-4-18(5-9-22)10-13-28-14-11-20(12-15-28)23(25)30/h2-9,20H,10-16H2,1H3,(H2,25,30)(H,26,29)(H,27,31). The number of primary amides is 1. The molecule has 0 aliphatic carbocycles. The van der Waals surface area contributed by atoms with Crippen LogP contribution < -0.4 is 16.4 Å². The number of rotatable bonds is 8. The number of amides is 3. The molecule has 0 atom stereocenters. The topological polar surface area (TPSA) is 105 Å². The summed E-state index contributed by atoms with van der Waals surface area (Å²) in [6.45, 7) is 4.68. The quantitative estimate of drug-likeness (QED) is 0.607. The van der Waals surface area contributed by atoms with Gasteiger partial charge in [-0.05, 0) is 67.7 Å². The molecule has 31 heavy (non-hydrogen) atoms. The molecule has 0 bridgehead atoms. The van der Waals surface area contributed by atoms with Crippen molar-refractivity contribution in [3.8, 4) is 0 Å². The Balaban J connectivity index is 1.45. The predicted octanol–water partition coefficient (Wildman–Crippen LogP) is 2.31. The second-order valence-electron chi connectivity index (χ2n) is 8.03. The van der Waals surface area contributed by atoms with E-state index in [2.05, 4.69) is 15.5 Å². The molecule has 1 saturated heterocycles. The zero-order chi connectivity index (χ0) is 22.2. The molecule has 0 spiro atoms. The van der Waals surface area contributed by atoms with Crippen molar-refractivity contribution in [1.29, 1.82) is 0 Å². The fraction of sp³-hybridized carbons (Fsp3) is 0.375. The molecule has 0 unspecified atom stereocenters. The molecule has 1 fully saturated rings. The van der Waals surface area contributed by atoms with E-state index in [9.17, 15) is 14.4 Å². The summed E-state index contributed by atoms with van der Waals surface area (Å²) in [6.07, 6.45) is 2.61. The van der Waals surface area contributed by atoms with Crippen molar-refractivity contribution in [1.82, 2.24) is 10.2 Å². The molecular weight excluding hydrogens is 392 g/mol. The van der Waals surface area contributed by atoms with Gasteiger partial charge in [0, 0.05) is 37.2 Å². The second-order valence-corrected chi connectivity index (χ2v) is 8.03. The molecule has 0 aromatic heterocycles. The summed E-state index contributed by atoms with van der Waals surface area (Å²) in [5.74, 6) is -0.417. The first kappa shape index (κ1) is 22.5. The van der Waals surface area contributed by atoms with Gasteiger partial charge in [-0.25, -0.2) is 0 Å². The summed E-state index contributed by atoms with van der Waals surface area (Å²) >= 11 is 0. The number of nitrogens with one attached hydrogen (secondary N) is 2. The number of carbonyl (C=O) groups excluding carboxylic acids is 3. The summed E-state index contributed by atoms with van der Waals surface area (Å²) in [4.78, 5) is 37.1. The first-order chi connectivity index (χ1) is 14.9. The van der Waals surface area contributed by atoms with Gasteiger partial charge in [0.05, 0.1) is 0 Å². The molecule has 2 aromatic carbocycles. The first-order valence-electron chi connectivity index (χ1n) is 10.7. The van der Waals surface area contributed by atoms with Gasteiger partial charge in [-0.3, -0.25) is 14.4 Å². The van der Waals surface area contributed by atoms with E-state index in [0.29, 0.717) is 12.1 Å². The summed E-state index contributed by atoms with van der Waals surface area (Å²) in [5.41, 5.74) is 8.85. The van der Waals surface area contributed by atoms with Crippen molar-refractivity contribution in [3.05, 3.63) is 65.2 Å². The number of benzene rings is 2. The zero-order valence-electron chi connectivity index (χ0n) is 17.9. The van der Waals surface area contributed by atoms with Crippen LogP contribution in [0.5, 0.6) is 0 Å². The van der Waals surface area contributed by atoms with Gasteiger partial charge in [0.25, 0.3) is 5.91 Å². The lowest BCUT2D eigenvalue weighted by molar-refractivity contribution is -0.123. The van der Waals surface area contributed by atoms with Gasteiger partial charge in [-0.2, -0.15) is 0 Å². The van der Waals surface area contributed by atoms with E-state index >= 15 is 0 Å². The van der Waals surface area contributed by atoms with E-state index in [-0.39, 0.29) is 23.6 Å². The third-order valence-electron chi connectivity index (χ3n) is 5.68. The summed E-state index contributed by atoms with van der Waals surface area (Å²) < 4.78 is 0. The zero-order valence-corrected chi connectivity index (χ0v) is 17.9. The van der Waals surface area contributed by atoms with Crippen LogP contribution in [0.15, 0.2) is 48.5 Å². The third kappa shape index (κ3) is 6.93. The van der Waals surface area contributed by atoms with Crippen molar-refractivity contribution in [3.63, 3.8) is 0 Å². The van der Waals surface area contributed by atoms with Crippen LogP contribution in [0.3, 0.4) is 0 Å². The van der Waals surface area contributed by atoms with Crippen LogP contribution in [0.4, 0.5) is 5.69 Å². The number of carbonyl (C=O) groups is 3. The Bertz CT molecular complexity index is 901. The van der Waals surface area contributed by atoms with Gasteiger partial charge in [0.2, 0.25) is 11.8 Å². The molecule has 3 amide bonds. The molecule has 164 valence electrons. The minimum atomic E-state index is -0.182. The Labute approximate surface area is 183 Å². The van der Waals surface area contributed by atoms with Crippen LogP contribution >= 0.6 is 0 Å². The average Bonchev–Trinajstić information content (AvgIpc) is 2.77. The van der Waals surface area contributed by atoms with Crippen LogP contribution in [-0.4, -0.2) is 42.3 Å². The number of nitrogens with two attached hydrogens (primary N) is 1. The molecule has 3 rings (SSSR count). The van der Waals surface area contributed by atoms with Crippen molar-refractivity contribution in [2.45, 2.75) is 32.7 Å². The highest BCUT2D eigenvalue weighted by Crippen LogP contribution is 2.18. The fourth-order valence-corrected chi connectivity index (χ4v) is 3.69. The normalized spacial score (nSPS) is 14.7. The molecule has 1 aliphatic rings. The molecule has 7 heteroatoms. The number of piperidine rings is 1. The average molecular weight is 423 g/mol. The van der Waals surface area contributed by atoms with E-state index in [0.717, 1.165) is 50.1 Å². The Kier molecular flexibility index (Phi) is 7.78. The van der Waals surface area contributed by atoms with Crippen LogP contribution in [0.2, 0.25) is 0 Å². The highest BCUT2D eigenvalue weighted by molar-refractivity contribution is 6.04. The van der Waals surface area contributed by atoms with Crippen molar-refractivity contribution >= 4 is 23.4 Å². The van der Waals surface area contributed by atoms with E-state index in [4.69, 9.17) is 5.73 Å². The lowest BCUT2D eigenvalue weighted by atomic mass is 9.96. The van der Waals surface area contributed by atoms with E-state index in [1.54, 1.807) is 12.1 Å². The van der Waals surface area contributed by atoms with Crippen LogP contribution in [-0.2, 0) is 22.6 Å². The lowest BCUT2D eigenvalue weighted by Gasteiger charge is -2.30. The van der Waals surface area contributed by atoms with Crippen LogP contribution in [0.25, 0.3) is 0 Å². The Morgan fingerprint density at radius 3 is 2.16 bits per heavy atom. The Morgan fingerprint density at radius 2 is 1.58 bits per heavy atom. The number of anilines is 1. The monoisotopic (exact) mass is 422 g/mol. The van der Waals surface area contributed by atoms with E-state index in [1.807, 2.05) is 36.4 Å². The minimum Gasteiger partial charge on any atom is -0.369 e. The van der Waals surface area contributed by atoms with Gasteiger partial charge in [0.1, 0.15) is 0 Å². The molecular formula is C24H30N4O3. The molecule has 0 radical (unpaired) electrons. The summed E-state index contributed by atoms with van der Waals surface area (Å²) in [5, 5.41) is 5.65. The number of likely N-dealkylation sites (tertiary alicyclic amines) is 1. The van der Waals surface area contributed by atoms with Crippen molar-refractivity contribution in [2.75, 3.05) is 25.0 Å². The fourth-order valence-electron chi connectivity index (χ4n) is 3.69. The van der Waals surface area contributed by atoms with Gasteiger partial charge < -0.3 is 21.3 Å². The SMILES string of the molecule is CC(=O)NCc1ccc(C(=O)Nc2ccc(CCN3CCC(C(N)=O)CC3)cc2)cc1. The first-order valence-corrected chi connectivity index (χ1v) is 10.7. The Hall–Kier alpha value is -3.19. The van der Waals surface area contributed by atoms with Crippen LogP contribution in [0.1, 0.15) is 41.3 Å². The number of nitrogens with zero attached hydrogens (tertiary/aromatic N) is 1. The largest absolute Gasteiger partial charge is 0.369 e. The molecule has 0 saturated carbocycles. The van der Waals surface area contributed by atoms with Crippen molar-refractivity contribution in [2.24, 2.45) is 11.7 Å². The van der Waals surface area contributed by atoms with Crippen LogP contribution in [0, 0.1) is 5.92 Å². The molecule has 7 nitrogen and oxygen atoms in total. The molecule has 1 aliphatic heterocycles. The van der Waals surface area contributed by atoms with Gasteiger partial charge >= 0.3 is 0 Å². The summed E-state index contributed by atoms with van der Waals surface area (Å²) in [6, 6.07) is 15.1. The van der Waals surface area contributed by atoms with E-state index in [1.165, 1.54) is 12.5 Å². The number of hydrogen-bond donors (Lipinski definition) is 3. The Morgan fingerprint density at radius 1 is 0.968 bits per heavy atom. The summed E-state index contributed by atoms with van der Waals surface area (Å²) in [7, 11) is 0. The number of hydrogen-bond acceptors (Lipinski definition) is 4. The predicted molar refractivity (Wildman–Crippen MR) is 120 cm³/mol. The molecule has 4 N–H and O–H groups in total. The highest BCUT2D eigenvalue weighted by Gasteiger charge is 2.22. The lowest BCUT2D eigenvalue weighted by Crippen LogP contribution is -2.39. The minimum absolute atomic E-state index is 0.0209.